The van der Waals surface area contributed by atoms with Gasteiger partial charge in [0.2, 0.25) is 5.91 Å². The maximum atomic E-state index is 13.2. The van der Waals surface area contributed by atoms with Crippen molar-refractivity contribution in [3.8, 4) is 0 Å². The molecular weight excluding hydrogens is 743 g/mol. The summed E-state index contributed by atoms with van der Waals surface area (Å²) in [5, 5.41) is 23.6. The van der Waals surface area contributed by atoms with E-state index in [4.69, 9.17) is 4.74 Å². The van der Waals surface area contributed by atoms with E-state index in [0.29, 0.717) is 19.3 Å². The van der Waals surface area contributed by atoms with Crippen molar-refractivity contribution in [2.24, 2.45) is 0 Å². The van der Waals surface area contributed by atoms with Crippen molar-refractivity contribution in [3.05, 3.63) is 85.1 Å². The van der Waals surface area contributed by atoms with E-state index in [-0.39, 0.29) is 24.9 Å². The van der Waals surface area contributed by atoms with Crippen LogP contribution in [0.2, 0.25) is 0 Å². The summed E-state index contributed by atoms with van der Waals surface area (Å²) in [6.45, 7) is 6.29. The zero-order valence-corrected chi connectivity index (χ0v) is 39.1. The van der Waals surface area contributed by atoms with Gasteiger partial charge >= 0.3 is 5.97 Å². The van der Waals surface area contributed by atoms with Crippen LogP contribution < -0.4 is 5.32 Å². The second-order valence-electron chi connectivity index (χ2n) is 16.6. The molecular formula is C54H93NO5. The van der Waals surface area contributed by atoms with Crippen molar-refractivity contribution in [2.75, 3.05) is 6.61 Å². The molecule has 0 saturated carbocycles. The lowest BCUT2D eigenvalue weighted by molar-refractivity contribution is -0.151. The second kappa shape index (κ2) is 47.1. The molecule has 3 atom stereocenters. The number of hydrogen-bond acceptors (Lipinski definition) is 5. The standard InChI is InChI=1S/C54H93NO5/c1-4-7-10-13-16-19-21-23-25-27-29-31-34-36-39-42-45-50(48-53(58)55-51(49-56)52(57)46-43-40-37-33-18-15-12-9-6-3)60-54(59)47-44-41-38-35-32-30-28-26-24-22-20-17-14-11-8-5-2/h8,11,16-17,19-21,23-27,29,31,50-52,56-57H,4-7,9-10,12-15,18,22,28,30,32-49H2,1-3H3,(H,55,58)/b11-8+,19-16+,20-17+,23-21+,26-24+,27-25+,31-29+. The molecule has 1 amide bonds. The molecule has 0 aromatic heterocycles. The van der Waals surface area contributed by atoms with E-state index in [1.165, 1.54) is 77.0 Å². The zero-order chi connectivity index (χ0) is 43.8. The molecule has 3 N–H and O–H groups in total. The molecule has 6 nitrogen and oxygen atoms in total. The third-order valence-electron chi connectivity index (χ3n) is 10.8. The Morgan fingerprint density at radius 3 is 1.57 bits per heavy atom. The molecule has 0 aliphatic carbocycles. The van der Waals surface area contributed by atoms with E-state index in [2.05, 4.69) is 105 Å². The number of carbonyl (C=O) groups excluding carboxylic acids is 2. The predicted molar refractivity (Wildman–Crippen MR) is 259 cm³/mol. The van der Waals surface area contributed by atoms with Crippen LogP contribution in [0.25, 0.3) is 0 Å². The second-order valence-corrected chi connectivity index (χ2v) is 16.6. The quantitative estimate of drug-likeness (QED) is 0.0246. The van der Waals surface area contributed by atoms with Crippen LogP contribution in [0.4, 0.5) is 0 Å². The largest absolute Gasteiger partial charge is 0.462 e. The minimum atomic E-state index is -0.803. The number of amides is 1. The Morgan fingerprint density at radius 1 is 0.517 bits per heavy atom. The molecule has 0 radical (unpaired) electrons. The van der Waals surface area contributed by atoms with E-state index in [0.717, 1.165) is 96.3 Å². The number of hydrogen-bond donors (Lipinski definition) is 3. The highest BCUT2D eigenvalue weighted by Crippen LogP contribution is 2.17. The number of esters is 1. The van der Waals surface area contributed by atoms with E-state index in [1.54, 1.807) is 0 Å². The molecule has 3 unspecified atom stereocenters. The van der Waals surface area contributed by atoms with Crippen LogP contribution in [0.5, 0.6) is 0 Å². The van der Waals surface area contributed by atoms with Gasteiger partial charge in [-0.05, 0) is 83.5 Å². The normalized spacial score (nSPS) is 14.0. The number of nitrogens with one attached hydrogen (secondary N) is 1. The summed E-state index contributed by atoms with van der Waals surface area (Å²) in [7, 11) is 0. The Bertz CT molecular complexity index is 1160. The molecule has 6 heteroatoms. The number of ether oxygens (including phenoxy) is 1. The van der Waals surface area contributed by atoms with Gasteiger partial charge in [-0.15, -0.1) is 0 Å². The first-order chi connectivity index (χ1) is 29.5. The third kappa shape index (κ3) is 41.8. The van der Waals surface area contributed by atoms with Crippen LogP contribution in [0.3, 0.4) is 0 Å². The van der Waals surface area contributed by atoms with Crippen LogP contribution >= 0.6 is 0 Å². The molecule has 0 bridgehead atoms. The molecule has 0 saturated heterocycles. The highest BCUT2D eigenvalue weighted by atomic mass is 16.5. The maximum absolute atomic E-state index is 13.2. The summed E-state index contributed by atoms with van der Waals surface area (Å²) in [4.78, 5) is 26.1. The van der Waals surface area contributed by atoms with Crippen molar-refractivity contribution in [1.82, 2.24) is 5.32 Å². The molecule has 0 aromatic carbocycles. The minimum Gasteiger partial charge on any atom is -0.462 e. The molecule has 0 fully saturated rings. The lowest BCUT2D eigenvalue weighted by Gasteiger charge is -2.24. The number of aliphatic hydroxyl groups is 2. The van der Waals surface area contributed by atoms with E-state index >= 15 is 0 Å². The van der Waals surface area contributed by atoms with Crippen molar-refractivity contribution in [3.63, 3.8) is 0 Å². The summed E-state index contributed by atoms with van der Waals surface area (Å²) in [6, 6.07) is -0.720. The monoisotopic (exact) mass is 836 g/mol. The maximum Gasteiger partial charge on any atom is 0.306 e. The SMILES string of the molecule is CC/C=C/C/C=C/C/C=C/CCCCCCCCC(=O)OC(CCCCC/C=C/C=C/C=C/C=C/CCCCC)CC(=O)NC(CO)C(O)CCCCCCCCCCC. The first-order valence-electron chi connectivity index (χ1n) is 24.9. The minimum absolute atomic E-state index is 0.0418. The van der Waals surface area contributed by atoms with Gasteiger partial charge in [0.25, 0.3) is 0 Å². The summed E-state index contributed by atoms with van der Waals surface area (Å²) >= 11 is 0. The Balaban J connectivity index is 4.72. The summed E-state index contributed by atoms with van der Waals surface area (Å²) in [6.07, 6.45) is 60.7. The van der Waals surface area contributed by atoms with Crippen LogP contribution in [-0.4, -0.2) is 46.9 Å². The zero-order valence-electron chi connectivity index (χ0n) is 39.1. The van der Waals surface area contributed by atoms with Crippen molar-refractivity contribution < 1.29 is 24.5 Å². The van der Waals surface area contributed by atoms with Gasteiger partial charge in [-0.3, -0.25) is 9.59 Å². The van der Waals surface area contributed by atoms with Gasteiger partial charge in [0.1, 0.15) is 6.10 Å². The summed E-state index contributed by atoms with van der Waals surface area (Å²) < 4.78 is 5.90. The van der Waals surface area contributed by atoms with Gasteiger partial charge in [-0.1, -0.05) is 209 Å². The van der Waals surface area contributed by atoms with Gasteiger partial charge in [-0.2, -0.15) is 0 Å². The molecule has 0 rings (SSSR count). The molecule has 0 aromatic rings. The lowest BCUT2D eigenvalue weighted by atomic mass is 10.0. The fourth-order valence-electron chi connectivity index (χ4n) is 7.04. The van der Waals surface area contributed by atoms with E-state index < -0.39 is 18.2 Å². The predicted octanol–water partition coefficient (Wildman–Crippen LogP) is 14.8. The average Bonchev–Trinajstić information content (AvgIpc) is 3.24. The topological polar surface area (TPSA) is 95.9 Å². The Kier molecular flexibility index (Phi) is 44.8. The number of allylic oxidation sites excluding steroid dienone is 14. The van der Waals surface area contributed by atoms with Crippen LogP contribution in [-0.2, 0) is 14.3 Å². The average molecular weight is 836 g/mol. The Morgan fingerprint density at radius 2 is 0.967 bits per heavy atom. The lowest BCUT2D eigenvalue weighted by Crippen LogP contribution is -2.46. The van der Waals surface area contributed by atoms with E-state index in [1.807, 2.05) is 6.08 Å². The number of carbonyl (C=O) groups is 2. The molecule has 60 heavy (non-hydrogen) atoms. The third-order valence-corrected chi connectivity index (χ3v) is 10.8. The number of unbranched alkanes of at least 4 members (excludes halogenated alkanes) is 20. The fraction of sp³-hybridized carbons (Fsp3) is 0.704. The molecule has 0 spiro atoms. The van der Waals surface area contributed by atoms with Gasteiger partial charge in [0.15, 0.2) is 0 Å². The molecule has 0 heterocycles. The Hall–Kier alpha value is -2.96. The summed E-state index contributed by atoms with van der Waals surface area (Å²) in [5.41, 5.74) is 0. The van der Waals surface area contributed by atoms with Crippen LogP contribution in [0.1, 0.15) is 220 Å². The highest BCUT2D eigenvalue weighted by molar-refractivity contribution is 5.77. The number of rotatable bonds is 43. The van der Waals surface area contributed by atoms with Crippen molar-refractivity contribution in [1.29, 1.82) is 0 Å². The van der Waals surface area contributed by atoms with Crippen LogP contribution in [0, 0.1) is 0 Å². The van der Waals surface area contributed by atoms with Crippen molar-refractivity contribution in [2.45, 2.75) is 238 Å². The molecule has 344 valence electrons. The van der Waals surface area contributed by atoms with Crippen LogP contribution in [0.15, 0.2) is 85.1 Å². The number of aliphatic hydroxyl groups excluding tert-OH is 2. The highest BCUT2D eigenvalue weighted by Gasteiger charge is 2.24. The van der Waals surface area contributed by atoms with Gasteiger partial charge in [0, 0.05) is 6.42 Å². The smallest absolute Gasteiger partial charge is 0.306 e. The molecule has 0 aliphatic rings. The van der Waals surface area contributed by atoms with Gasteiger partial charge in [-0.25, -0.2) is 0 Å². The van der Waals surface area contributed by atoms with Gasteiger partial charge in [0.05, 0.1) is 25.2 Å². The summed E-state index contributed by atoms with van der Waals surface area (Å²) in [5.74, 6) is -0.534. The fourth-order valence-corrected chi connectivity index (χ4v) is 7.04. The Labute approximate surface area is 370 Å². The van der Waals surface area contributed by atoms with Gasteiger partial charge < -0.3 is 20.3 Å². The molecule has 0 aliphatic heterocycles. The van der Waals surface area contributed by atoms with Crippen molar-refractivity contribution >= 4 is 11.9 Å². The first kappa shape index (κ1) is 57.0. The van der Waals surface area contributed by atoms with E-state index in [9.17, 15) is 19.8 Å². The first-order valence-corrected chi connectivity index (χ1v) is 24.9.